The Hall–Kier alpha value is -3.15. The normalized spacial score (nSPS) is 10.8. The van der Waals surface area contributed by atoms with Crippen LogP contribution < -0.4 is 4.74 Å². The summed E-state index contributed by atoms with van der Waals surface area (Å²) in [6.45, 7) is 0.194. The van der Waals surface area contributed by atoms with Crippen molar-refractivity contribution in [3.8, 4) is 5.75 Å². The maximum Gasteiger partial charge on any atom is 0.353 e. The molecule has 1 aromatic heterocycles. The lowest BCUT2D eigenvalue weighted by Gasteiger charge is -2.09. The molecule has 0 bridgehead atoms. The molecule has 122 valence electrons. The number of carbonyl (C=O) groups excluding carboxylic acids is 1. The molecule has 3 aromatic rings. The van der Waals surface area contributed by atoms with Crippen LogP contribution >= 0.6 is 0 Å². The zero-order chi connectivity index (χ0) is 17.3. The van der Waals surface area contributed by atoms with Crippen LogP contribution in [-0.2, 0) is 6.54 Å². The molecule has 3 rings (SSSR count). The Labute approximate surface area is 136 Å². The van der Waals surface area contributed by atoms with Crippen LogP contribution in [0.3, 0.4) is 0 Å². The SMILES string of the molecule is COc1ccc2c(C=O)c(C(=O)O)n(Cc3ccc(F)cc3)c2c1. The predicted molar refractivity (Wildman–Crippen MR) is 86.3 cm³/mol. The highest BCUT2D eigenvalue weighted by Crippen LogP contribution is 2.29. The van der Waals surface area contributed by atoms with Gasteiger partial charge in [0.1, 0.15) is 17.3 Å². The fourth-order valence-electron chi connectivity index (χ4n) is 2.77. The number of carboxylic acids is 1. The third-order valence-electron chi connectivity index (χ3n) is 3.89. The van der Waals surface area contributed by atoms with Gasteiger partial charge in [-0.25, -0.2) is 9.18 Å². The number of halogens is 1. The minimum Gasteiger partial charge on any atom is -0.497 e. The molecule has 0 fully saturated rings. The highest BCUT2D eigenvalue weighted by atomic mass is 19.1. The number of benzene rings is 2. The summed E-state index contributed by atoms with van der Waals surface area (Å²) in [5.74, 6) is -1.02. The van der Waals surface area contributed by atoms with E-state index < -0.39 is 5.97 Å². The van der Waals surface area contributed by atoms with Crippen molar-refractivity contribution in [3.05, 3.63) is 65.1 Å². The summed E-state index contributed by atoms with van der Waals surface area (Å²) in [6.07, 6.45) is 0.541. The summed E-state index contributed by atoms with van der Waals surface area (Å²) < 4.78 is 19.8. The van der Waals surface area contributed by atoms with Crippen LogP contribution in [0.2, 0.25) is 0 Å². The molecule has 0 saturated heterocycles. The molecule has 0 saturated carbocycles. The average molecular weight is 327 g/mol. The molecule has 0 spiro atoms. The van der Waals surface area contributed by atoms with Crippen molar-refractivity contribution < 1.29 is 23.8 Å². The number of hydrogen-bond acceptors (Lipinski definition) is 3. The second-order valence-corrected chi connectivity index (χ2v) is 5.28. The number of rotatable bonds is 5. The minimum absolute atomic E-state index is 0.0995. The molecule has 0 atom stereocenters. The Morgan fingerprint density at radius 1 is 1.25 bits per heavy atom. The van der Waals surface area contributed by atoms with Gasteiger partial charge in [0.25, 0.3) is 0 Å². The number of methoxy groups -OCH3 is 1. The summed E-state index contributed by atoms with van der Waals surface area (Å²) in [6, 6.07) is 10.8. The molecule has 1 heterocycles. The second-order valence-electron chi connectivity index (χ2n) is 5.28. The summed E-state index contributed by atoms with van der Waals surface area (Å²) in [5, 5.41) is 10.1. The number of aromatic nitrogens is 1. The molecule has 24 heavy (non-hydrogen) atoms. The van der Waals surface area contributed by atoms with E-state index in [1.807, 2.05) is 0 Å². The van der Waals surface area contributed by atoms with Gasteiger partial charge < -0.3 is 14.4 Å². The standard InChI is InChI=1S/C18H14FNO4/c1-24-13-6-7-14-15(10-21)17(18(22)23)20(16(14)8-13)9-11-2-4-12(19)5-3-11/h2-8,10H,9H2,1H3,(H,22,23). The number of carboxylic acid groups (broad SMARTS) is 1. The van der Waals surface area contributed by atoms with Gasteiger partial charge in [-0.05, 0) is 29.8 Å². The van der Waals surface area contributed by atoms with Crippen LogP contribution in [0, 0.1) is 5.82 Å². The van der Waals surface area contributed by atoms with Gasteiger partial charge in [-0.2, -0.15) is 0 Å². The van der Waals surface area contributed by atoms with Crippen molar-refractivity contribution in [1.82, 2.24) is 4.57 Å². The van der Waals surface area contributed by atoms with Crippen molar-refractivity contribution in [2.75, 3.05) is 7.11 Å². The Bertz CT molecular complexity index is 928. The zero-order valence-electron chi connectivity index (χ0n) is 12.8. The van der Waals surface area contributed by atoms with Gasteiger partial charge in [-0.1, -0.05) is 12.1 Å². The molecule has 0 aliphatic rings. The molecular weight excluding hydrogens is 313 g/mol. The Kier molecular flexibility index (Phi) is 4.04. The van der Waals surface area contributed by atoms with Crippen molar-refractivity contribution in [2.24, 2.45) is 0 Å². The molecule has 0 aliphatic heterocycles. The first-order chi connectivity index (χ1) is 11.5. The van der Waals surface area contributed by atoms with Crippen LogP contribution in [0.25, 0.3) is 10.9 Å². The highest BCUT2D eigenvalue weighted by Gasteiger charge is 2.22. The van der Waals surface area contributed by atoms with Gasteiger partial charge in [0.15, 0.2) is 6.29 Å². The minimum atomic E-state index is -1.20. The lowest BCUT2D eigenvalue weighted by Crippen LogP contribution is -2.11. The van der Waals surface area contributed by atoms with E-state index in [0.29, 0.717) is 22.9 Å². The van der Waals surface area contributed by atoms with Crippen LogP contribution in [-0.4, -0.2) is 29.0 Å². The quantitative estimate of drug-likeness (QED) is 0.730. The van der Waals surface area contributed by atoms with Gasteiger partial charge in [-0.3, -0.25) is 4.79 Å². The fraction of sp³-hybridized carbons (Fsp3) is 0.111. The molecule has 0 unspecified atom stereocenters. The number of hydrogen-bond donors (Lipinski definition) is 1. The van der Waals surface area contributed by atoms with E-state index >= 15 is 0 Å². The third kappa shape index (κ3) is 2.62. The van der Waals surface area contributed by atoms with Gasteiger partial charge >= 0.3 is 5.97 Å². The van der Waals surface area contributed by atoms with Gasteiger partial charge in [-0.15, -0.1) is 0 Å². The van der Waals surface area contributed by atoms with Gasteiger partial charge in [0.05, 0.1) is 18.2 Å². The Morgan fingerprint density at radius 3 is 2.54 bits per heavy atom. The van der Waals surface area contributed by atoms with Crippen molar-refractivity contribution >= 4 is 23.2 Å². The van der Waals surface area contributed by atoms with E-state index in [4.69, 9.17) is 4.74 Å². The molecular formula is C18H14FNO4. The van der Waals surface area contributed by atoms with E-state index in [1.165, 1.54) is 23.8 Å². The van der Waals surface area contributed by atoms with Crippen molar-refractivity contribution in [2.45, 2.75) is 6.54 Å². The molecule has 1 N–H and O–H groups in total. The first-order valence-corrected chi connectivity index (χ1v) is 7.18. The van der Waals surface area contributed by atoms with E-state index in [-0.39, 0.29) is 23.6 Å². The highest BCUT2D eigenvalue weighted by molar-refractivity contribution is 6.08. The number of carbonyl (C=O) groups is 2. The number of aldehydes is 1. The molecule has 0 aliphatic carbocycles. The van der Waals surface area contributed by atoms with Crippen molar-refractivity contribution in [1.29, 1.82) is 0 Å². The van der Waals surface area contributed by atoms with Gasteiger partial charge in [0.2, 0.25) is 0 Å². The maximum atomic E-state index is 13.1. The summed E-state index contributed by atoms with van der Waals surface area (Å²) in [7, 11) is 1.51. The number of aromatic carboxylic acids is 1. The first-order valence-electron chi connectivity index (χ1n) is 7.18. The van der Waals surface area contributed by atoms with E-state index in [9.17, 15) is 19.1 Å². The lowest BCUT2D eigenvalue weighted by molar-refractivity contribution is 0.0683. The van der Waals surface area contributed by atoms with Crippen LogP contribution in [0.5, 0.6) is 5.75 Å². The lowest BCUT2D eigenvalue weighted by atomic mass is 10.1. The monoisotopic (exact) mass is 327 g/mol. The number of ether oxygens (including phenoxy) is 1. The predicted octanol–water partition coefficient (Wildman–Crippen LogP) is 3.35. The first kappa shape index (κ1) is 15.7. The zero-order valence-corrected chi connectivity index (χ0v) is 12.8. The molecule has 6 heteroatoms. The van der Waals surface area contributed by atoms with E-state index in [2.05, 4.69) is 0 Å². The fourth-order valence-corrected chi connectivity index (χ4v) is 2.77. The molecule has 0 amide bonds. The van der Waals surface area contributed by atoms with Crippen LogP contribution in [0.15, 0.2) is 42.5 Å². The molecule has 2 aromatic carbocycles. The van der Waals surface area contributed by atoms with Crippen molar-refractivity contribution in [3.63, 3.8) is 0 Å². The van der Waals surface area contributed by atoms with Crippen LogP contribution in [0.1, 0.15) is 26.4 Å². The van der Waals surface area contributed by atoms with E-state index in [0.717, 1.165) is 5.56 Å². The maximum absolute atomic E-state index is 13.1. The summed E-state index contributed by atoms with van der Waals surface area (Å²) in [4.78, 5) is 23.2. The Morgan fingerprint density at radius 2 is 1.96 bits per heavy atom. The topological polar surface area (TPSA) is 68.5 Å². The van der Waals surface area contributed by atoms with Gasteiger partial charge in [0, 0.05) is 18.0 Å². The largest absolute Gasteiger partial charge is 0.497 e. The summed E-state index contributed by atoms with van der Waals surface area (Å²) >= 11 is 0. The number of fused-ring (bicyclic) bond motifs is 1. The van der Waals surface area contributed by atoms with E-state index in [1.54, 1.807) is 30.3 Å². The second kappa shape index (κ2) is 6.16. The third-order valence-corrected chi connectivity index (χ3v) is 3.89. The Balaban J connectivity index is 2.26. The van der Waals surface area contributed by atoms with Crippen LogP contribution in [0.4, 0.5) is 4.39 Å². The number of nitrogens with zero attached hydrogens (tertiary/aromatic N) is 1. The molecule has 5 nitrogen and oxygen atoms in total. The summed E-state index contributed by atoms with van der Waals surface area (Å²) in [5.41, 5.74) is 1.30. The average Bonchev–Trinajstić information content (AvgIpc) is 2.89. The smallest absolute Gasteiger partial charge is 0.353 e. The molecule has 0 radical (unpaired) electrons.